The van der Waals surface area contributed by atoms with Crippen molar-refractivity contribution in [1.29, 1.82) is 0 Å². The van der Waals surface area contributed by atoms with Crippen molar-refractivity contribution in [2.75, 3.05) is 18.0 Å². The van der Waals surface area contributed by atoms with Crippen LogP contribution in [0.3, 0.4) is 0 Å². The van der Waals surface area contributed by atoms with Crippen LogP contribution in [-0.2, 0) is 6.42 Å². The smallest absolute Gasteiger partial charge is 0.478 e. The van der Waals surface area contributed by atoms with E-state index in [-0.39, 0.29) is 41.2 Å². The Kier molecular flexibility index (Phi) is 5.44. The molecule has 0 radical (unpaired) electrons. The van der Waals surface area contributed by atoms with Crippen LogP contribution in [0.5, 0.6) is 5.75 Å². The fraction of sp³-hybridized carbons (Fsp3) is 0.476. The summed E-state index contributed by atoms with van der Waals surface area (Å²) < 4.78 is 50.3. The Morgan fingerprint density at radius 3 is 2.67 bits per heavy atom. The Labute approximate surface area is 190 Å². The highest BCUT2D eigenvalue weighted by molar-refractivity contribution is 7.13. The lowest BCUT2D eigenvalue weighted by Gasteiger charge is -2.41. The molecule has 2 atom stereocenters. The van der Waals surface area contributed by atoms with Gasteiger partial charge in [-0.3, -0.25) is 0 Å². The van der Waals surface area contributed by atoms with E-state index < -0.39 is 23.6 Å². The summed E-state index contributed by atoms with van der Waals surface area (Å²) in [5.41, 5.74) is -0.312. The van der Waals surface area contributed by atoms with Crippen LogP contribution in [0.4, 0.5) is 19.2 Å². The number of benzene rings is 1. The predicted molar refractivity (Wildman–Crippen MR) is 115 cm³/mol. The number of anilines is 1. The number of piperidine rings is 1. The van der Waals surface area contributed by atoms with E-state index >= 15 is 0 Å². The average molecular weight is 482 g/mol. The van der Waals surface area contributed by atoms with Crippen molar-refractivity contribution >= 4 is 34.4 Å². The topological polar surface area (TPSA) is 101 Å². The summed E-state index contributed by atoms with van der Waals surface area (Å²) in [4.78, 5) is 22.7. The molecule has 2 saturated heterocycles. The molecule has 8 nitrogen and oxygen atoms in total. The number of thiazole rings is 1. The van der Waals surface area contributed by atoms with Crippen molar-refractivity contribution in [3.8, 4) is 16.3 Å². The highest BCUT2D eigenvalue weighted by Crippen LogP contribution is 2.45. The lowest BCUT2D eigenvalue weighted by Crippen LogP contribution is -2.58. The molecule has 2 aliphatic heterocycles. The maximum Gasteiger partial charge on any atom is 0.573 e. The van der Waals surface area contributed by atoms with Crippen LogP contribution < -0.4 is 15.0 Å². The van der Waals surface area contributed by atoms with Gasteiger partial charge in [-0.15, -0.1) is 24.5 Å². The number of ether oxygens (including phenoxy) is 1. The maximum atomic E-state index is 13.3. The Bertz CT molecular complexity index is 1180. The molecular weight excluding hydrogens is 461 g/mol. The summed E-state index contributed by atoms with van der Waals surface area (Å²) >= 11 is 1.24. The standard InChI is InChI=1S/C21H21F3N4O4S/c1-2-12-13(18-25-6-7-33-18)16-15(17(14(12)19(29)30)32-21(22,23)24)27-20(31-16)28-8-10-4-3-5-11(9-28)26-10/h6-7,10-11,26H,2-5,8-9H2,1H3,(H,29,30). The number of fused-ring (bicyclic) bond motifs is 3. The number of piperazine rings is 1. The largest absolute Gasteiger partial charge is 0.573 e. The molecule has 5 rings (SSSR count). The van der Waals surface area contributed by atoms with E-state index in [0.717, 1.165) is 19.3 Å². The molecule has 0 spiro atoms. The van der Waals surface area contributed by atoms with Crippen LogP contribution in [0.2, 0.25) is 0 Å². The van der Waals surface area contributed by atoms with Gasteiger partial charge >= 0.3 is 12.3 Å². The molecule has 0 aliphatic carbocycles. The SMILES string of the molecule is CCc1c(C(=O)O)c(OC(F)(F)F)c2nc(N3CC4CCCC(C3)N4)oc2c1-c1nccs1. The number of carboxylic acids is 1. The van der Waals surface area contributed by atoms with E-state index in [1.54, 1.807) is 18.5 Å². The lowest BCUT2D eigenvalue weighted by atomic mass is 9.94. The first-order valence-electron chi connectivity index (χ1n) is 10.6. The van der Waals surface area contributed by atoms with Gasteiger partial charge in [0.15, 0.2) is 16.8 Å². The molecule has 12 heteroatoms. The number of rotatable bonds is 5. The first kappa shape index (κ1) is 22.0. The Morgan fingerprint density at radius 1 is 1.36 bits per heavy atom. The zero-order valence-corrected chi connectivity index (χ0v) is 18.4. The highest BCUT2D eigenvalue weighted by atomic mass is 32.1. The molecule has 2 bridgehead atoms. The number of aromatic carboxylic acids is 1. The normalized spacial score (nSPS) is 20.9. The number of nitrogens with one attached hydrogen (secondary N) is 1. The van der Waals surface area contributed by atoms with Gasteiger partial charge in [-0.25, -0.2) is 9.78 Å². The van der Waals surface area contributed by atoms with Gasteiger partial charge in [0.25, 0.3) is 6.01 Å². The van der Waals surface area contributed by atoms with Crippen LogP contribution in [0.25, 0.3) is 21.7 Å². The minimum atomic E-state index is -5.10. The van der Waals surface area contributed by atoms with E-state index in [4.69, 9.17) is 4.42 Å². The van der Waals surface area contributed by atoms with E-state index in [9.17, 15) is 23.1 Å². The quantitative estimate of drug-likeness (QED) is 0.551. The van der Waals surface area contributed by atoms with E-state index in [2.05, 4.69) is 20.0 Å². The van der Waals surface area contributed by atoms with E-state index in [1.165, 1.54) is 11.3 Å². The molecule has 2 aliphatic rings. The van der Waals surface area contributed by atoms with Gasteiger partial charge in [-0.05, 0) is 24.8 Å². The summed E-state index contributed by atoms with van der Waals surface area (Å²) in [5, 5.41) is 15.6. The second kappa shape index (κ2) is 8.17. The molecule has 1 aromatic carbocycles. The number of carboxylic acid groups (broad SMARTS) is 1. The molecule has 2 fully saturated rings. The van der Waals surface area contributed by atoms with Gasteiger partial charge in [0.2, 0.25) is 0 Å². The molecule has 0 amide bonds. The lowest BCUT2D eigenvalue weighted by molar-refractivity contribution is -0.274. The second-order valence-corrected chi connectivity index (χ2v) is 9.07. The van der Waals surface area contributed by atoms with Gasteiger partial charge in [0.1, 0.15) is 10.6 Å². The highest BCUT2D eigenvalue weighted by Gasteiger charge is 2.39. The van der Waals surface area contributed by atoms with Gasteiger partial charge in [0, 0.05) is 36.8 Å². The second-order valence-electron chi connectivity index (χ2n) is 8.17. The molecule has 33 heavy (non-hydrogen) atoms. The number of oxazole rings is 1. The minimum Gasteiger partial charge on any atom is -0.478 e. The molecular formula is C21H21F3N4O4S. The van der Waals surface area contributed by atoms with Crippen LogP contribution in [-0.4, -0.2) is 52.6 Å². The number of alkyl halides is 3. The number of hydrogen-bond donors (Lipinski definition) is 2. The Morgan fingerprint density at radius 2 is 2.09 bits per heavy atom. The average Bonchev–Trinajstić information content (AvgIpc) is 3.42. The summed E-state index contributed by atoms with van der Waals surface area (Å²) in [6.07, 6.45) is -0.333. The maximum absolute atomic E-state index is 13.3. The summed E-state index contributed by atoms with van der Waals surface area (Å²) in [6.45, 7) is 2.85. The number of halogens is 3. The van der Waals surface area contributed by atoms with Gasteiger partial charge < -0.3 is 24.5 Å². The molecule has 2 N–H and O–H groups in total. The third-order valence-corrected chi connectivity index (χ3v) is 6.84. The van der Waals surface area contributed by atoms with Crippen molar-refractivity contribution in [3.63, 3.8) is 0 Å². The van der Waals surface area contributed by atoms with E-state index in [0.29, 0.717) is 23.7 Å². The van der Waals surface area contributed by atoms with Crippen molar-refractivity contribution < 1.29 is 32.2 Å². The van der Waals surface area contributed by atoms with Crippen LogP contribution in [0.1, 0.15) is 42.1 Å². The predicted octanol–water partition coefficient (Wildman–Crippen LogP) is 4.44. The van der Waals surface area contributed by atoms with Crippen LogP contribution in [0, 0.1) is 0 Å². The first-order valence-corrected chi connectivity index (χ1v) is 11.5. The molecule has 2 aromatic heterocycles. The molecule has 0 saturated carbocycles. The summed E-state index contributed by atoms with van der Waals surface area (Å²) in [7, 11) is 0. The summed E-state index contributed by atoms with van der Waals surface area (Å²) in [5.74, 6) is -2.39. The van der Waals surface area contributed by atoms with Crippen molar-refractivity contribution in [2.45, 2.75) is 51.1 Å². The minimum absolute atomic E-state index is 0.0461. The first-order chi connectivity index (χ1) is 15.7. The fourth-order valence-corrected chi connectivity index (χ4v) is 5.52. The molecule has 4 heterocycles. The Balaban J connectivity index is 1.76. The van der Waals surface area contributed by atoms with Gasteiger partial charge in [-0.1, -0.05) is 13.3 Å². The molecule has 176 valence electrons. The Hall–Kier alpha value is -2.86. The third kappa shape index (κ3) is 4.01. The fourth-order valence-electron chi connectivity index (χ4n) is 4.81. The van der Waals surface area contributed by atoms with E-state index in [1.807, 2.05) is 4.90 Å². The van der Waals surface area contributed by atoms with Crippen molar-refractivity contribution in [3.05, 3.63) is 22.7 Å². The van der Waals surface area contributed by atoms with Crippen molar-refractivity contribution in [2.24, 2.45) is 0 Å². The molecule has 2 unspecified atom stereocenters. The van der Waals surface area contributed by atoms with Crippen molar-refractivity contribution in [1.82, 2.24) is 15.3 Å². The van der Waals surface area contributed by atoms with Crippen LogP contribution in [0.15, 0.2) is 16.0 Å². The number of nitrogens with zero attached hydrogens (tertiary/aromatic N) is 3. The number of aromatic nitrogens is 2. The third-order valence-electron chi connectivity index (χ3n) is 6.05. The molecule has 3 aromatic rings. The van der Waals surface area contributed by atoms with Crippen LogP contribution >= 0.6 is 11.3 Å². The zero-order valence-electron chi connectivity index (χ0n) is 17.6. The monoisotopic (exact) mass is 482 g/mol. The van der Waals surface area contributed by atoms with Gasteiger partial charge in [-0.2, -0.15) is 4.98 Å². The summed E-state index contributed by atoms with van der Waals surface area (Å²) in [6, 6.07) is 0.619. The van der Waals surface area contributed by atoms with Gasteiger partial charge in [0.05, 0.1) is 5.56 Å². The number of hydrogen-bond acceptors (Lipinski definition) is 8. The number of carbonyl (C=O) groups is 1. The zero-order chi connectivity index (χ0) is 23.3.